The molecule has 0 aromatic heterocycles. The molecule has 0 aliphatic heterocycles. The molecule has 0 heterocycles. The zero-order valence-electron chi connectivity index (χ0n) is 45.0. The quantitative estimate of drug-likeness (QED) is 0.0325. The molecule has 0 saturated heterocycles. The predicted octanol–water partition coefficient (Wildman–Crippen LogP) is 19.9. The normalized spacial score (nSPS) is 13.1. The van der Waals surface area contributed by atoms with Gasteiger partial charge in [0.2, 0.25) is 0 Å². The van der Waals surface area contributed by atoms with Gasteiger partial charge in [0.15, 0.2) is 0 Å². The summed E-state index contributed by atoms with van der Waals surface area (Å²) in [6.45, 7) is 15.4. The van der Waals surface area contributed by atoms with Crippen molar-refractivity contribution in [3.63, 3.8) is 0 Å². The van der Waals surface area contributed by atoms with Crippen molar-refractivity contribution in [2.24, 2.45) is 0 Å². The van der Waals surface area contributed by atoms with Crippen LogP contribution in [0.2, 0.25) is 0 Å². The Labute approximate surface area is 414 Å². The second-order valence-corrected chi connectivity index (χ2v) is 40.8. The number of hydrogen-bond donors (Lipinski definition) is 0. The maximum absolute atomic E-state index is 17.4. The molecule has 0 aliphatic carbocycles. The summed E-state index contributed by atoms with van der Waals surface area (Å²) in [6, 6.07) is 0. The number of rotatable bonds is 54. The van der Waals surface area contributed by atoms with E-state index >= 15 is 17.0 Å². The summed E-state index contributed by atoms with van der Waals surface area (Å²) >= 11 is -8.20. The van der Waals surface area contributed by atoms with E-state index in [-0.39, 0.29) is 39.6 Å². The first kappa shape index (κ1) is 67.9. The van der Waals surface area contributed by atoms with Crippen molar-refractivity contribution in [2.45, 2.75) is 293 Å². The fourth-order valence-corrected chi connectivity index (χ4v) is 38.8. The van der Waals surface area contributed by atoms with Crippen LogP contribution < -0.4 is 0 Å². The molecule has 0 aromatic rings. The fourth-order valence-electron chi connectivity index (χ4n) is 7.98. The van der Waals surface area contributed by atoms with Gasteiger partial charge in [0, 0.05) is 0 Å². The SMILES string of the molecule is CCCCCCCCOP(=O)(OCCCCCCCC)[O][Ti](=[O])([O]C(C)C)([P](=O)(OCCCCCCCC)OCCCCCCCC)[P](=O)(OCCCCCCCC)OCCCCCCCC. The molecule has 0 saturated carbocycles. The Morgan fingerprint density at radius 1 is 0.313 bits per heavy atom. The third-order valence-electron chi connectivity index (χ3n) is 12.2. The first-order chi connectivity index (χ1) is 32.3. The molecule has 0 N–H and O–H groups in total. The summed E-state index contributed by atoms with van der Waals surface area (Å²) in [7, 11) is -5.02. The van der Waals surface area contributed by atoms with E-state index in [1.165, 1.54) is 0 Å². The topological polar surface area (TPSA) is 142 Å². The second kappa shape index (κ2) is 43.3. The number of phosphoric ester groups is 1. The summed E-state index contributed by atoms with van der Waals surface area (Å²) in [5.74, 6) is 0. The van der Waals surface area contributed by atoms with Gasteiger partial charge in [-0.15, -0.1) is 0 Å². The molecule has 67 heavy (non-hydrogen) atoms. The molecule has 0 spiro atoms. The standard InChI is InChI=1S/C16H35O4P.2C16H34O3P.C3H7O.O.Ti/c1-3-5-7-9-11-13-15-19-21(17,18)20-16-14-12-10-8-6-4-2;2*1-3-5-7-9-11-13-15-18-20(17)19-16-14-12-10-8-6-4-2;1-3(2)4;;/h3-16H2,1-2H3,(H,17,18);2*3-16H2,1-2H3;3H,1-2H3;;/q;2*+1;-1;;/p-1. The Hall–Kier alpha value is 0.884. The maximum atomic E-state index is 17.4. The van der Waals surface area contributed by atoms with Crippen LogP contribution in [-0.4, -0.2) is 45.7 Å². The third kappa shape index (κ3) is 29.4. The molecule has 0 amide bonds. The summed E-state index contributed by atoms with van der Waals surface area (Å²) < 4.78 is 116. The predicted molar refractivity (Wildman–Crippen MR) is 277 cm³/mol. The van der Waals surface area contributed by atoms with Gasteiger partial charge in [0.25, 0.3) is 0 Å². The van der Waals surface area contributed by atoms with Crippen LogP contribution in [0.5, 0.6) is 0 Å². The zero-order valence-corrected chi connectivity index (χ0v) is 49.3. The van der Waals surface area contributed by atoms with Gasteiger partial charge in [-0.3, -0.25) is 0 Å². The van der Waals surface area contributed by atoms with Crippen molar-refractivity contribution >= 4 is 19.0 Å². The Morgan fingerprint density at radius 3 is 0.716 bits per heavy atom. The van der Waals surface area contributed by atoms with Gasteiger partial charge in [-0.25, -0.2) is 0 Å². The van der Waals surface area contributed by atoms with Gasteiger partial charge >= 0.3 is 417 Å². The monoisotopic (exact) mass is 1050 g/mol. The Bertz CT molecular complexity index is 1210. The van der Waals surface area contributed by atoms with Gasteiger partial charge in [0.1, 0.15) is 0 Å². The van der Waals surface area contributed by atoms with E-state index < -0.39 is 40.1 Å². The molecule has 0 aromatic carbocycles. The summed E-state index contributed by atoms with van der Waals surface area (Å²) in [6.07, 6.45) is 31.6. The Balaban J connectivity index is 7.81. The van der Waals surface area contributed by atoms with E-state index in [1.54, 1.807) is 13.8 Å². The van der Waals surface area contributed by atoms with Gasteiger partial charge in [-0.1, -0.05) is 0 Å². The zero-order chi connectivity index (χ0) is 49.9. The van der Waals surface area contributed by atoms with Gasteiger partial charge in [-0.2, -0.15) is 0 Å². The van der Waals surface area contributed by atoms with Crippen LogP contribution in [0.3, 0.4) is 0 Å². The number of hydrogen-bond acceptors (Lipinski definition) is 12. The molecule has 0 atom stereocenters. The summed E-state index contributed by atoms with van der Waals surface area (Å²) in [5.41, 5.74) is -10.8. The molecular weight excluding hydrogens is 945 g/mol. The molecule has 0 aliphatic rings. The average Bonchev–Trinajstić information content (AvgIpc) is 3.29. The van der Waals surface area contributed by atoms with Crippen LogP contribution in [0.1, 0.15) is 287 Å². The molecule has 0 radical (unpaired) electrons. The molecule has 12 nitrogen and oxygen atoms in total. The van der Waals surface area contributed by atoms with Crippen molar-refractivity contribution in [2.75, 3.05) is 39.6 Å². The molecule has 0 fully saturated rings. The van der Waals surface area contributed by atoms with E-state index in [2.05, 4.69) is 41.5 Å². The van der Waals surface area contributed by atoms with E-state index in [0.717, 1.165) is 193 Å². The van der Waals surface area contributed by atoms with Crippen LogP contribution >= 0.6 is 19.0 Å². The second-order valence-electron chi connectivity index (χ2n) is 19.2. The van der Waals surface area contributed by atoms with Crippen LogP contribution in [0.25, 0.3) is 0 Å². The number of phosphoric acid groups is 1. The van der Waals surface area contributed by atoms with Crippen LogP contribution in [-0.2, 0) is 65.6 Å². The summed E-state index contributed by atoms with van der Waals surface area (Å²) in [4.78, 5) is 0. The van der Waals surface area contributed by atoms with Crippen molar-refractivity contribution in [1.29, 1.82) is 0 Å². The average molecular weight is 1060 g/mol. The first-order valence-electron chi connectivity index (χ1n) is 28.3. The van der Waals surface area contributed by atoms with E-state index in [1.807, 2.05) is 0 Å². The molecule has 0 rings (SSSR count). The molecule has 16 heteroatoms. The fraction of sp³-hybridized carbons (Fsp3) is 1.00. The Kier molecular flexibility index (Phi) is 43.9. The van der Waals surface area contributed by atoms with Gasteiger partial charge < -0.3 is 0 Å². The molecule has 404 valence electrons. The molecule has 0 bridgehead atoms. The van der Waals surface area contributed by atoms with Crippen LogP contribution in [0, 0.1) is 0 Å². The van der Waals surface area contributed by atoms with Crippen LogP contribution in [0.15, 0.2) is 0 Å². The molecular formula is C51H109O12P3Ti. The van der Waals surface area contributed by atoms with Crippen molar-refractivity contribution in [3.8, 4) is 0 Å². The summed E-state index contributed by atoms with van der Waals surface area (Å²) in [5, 5.41) is 0. The first-order valence-corrected chi connectivity index (χ1v) is 38.9. The van der Waals surface area contributed by atoms with E-state index in [4.69, 9.17) is 33.6 Å². The minimum atomic E-state index is -8.20. The minimum absolute atomic E-state index is 0.0625. The third-order valence-corrected chi connectivity index (χ3v) is 41.4. The van der Waals surface area contributed by atoms with Gasteiger partial charge in [0.05, 0.1) is 0 Å². The van der Waals surface area contributed by atoms with Crippen molar-refractivity contribution < 1.29 is 65.6 Å². The van der Waals surface area contributed by atoms with E-state index in [9.17, 15) is 0 Å². The number of unbranched alkanes of at least 4 members (excludes halogenated alkanes) is 30. The van der Waals surface area contributed by atoms with Crippen molar-refractivity contribution in [1.82, 2.24) is 0 Å². The van der Waals surface area contributed by atoms with E-state index in [0.29, 0.717) is 38.5 Å². The Morgan fingerprint density at radius 2 is 0.507 bits per heavy atom. The van der Waals surface area contributed by atoms with Crippen LogP contribution in [0.4, 0.5) is 0 Å². The van der Waals surface area contributed by atoms with Crippen molar-refractivity contribution in [3.05, 3.63) is 0 Å². The van der Waals surface area contributed by atoms with Gasteiger partial charge in [-0.05, 0) is 0 Å². The molecule has 0 unspecified atom stereocenters.